The lowest BCUT2D eigenvalue weighted by atomic mass is 10.1. The lowest BCUT2D eigenvalue weighted by Gasteiger charge is -2.18. The van der Waals surface area contributed by atoms with E-state index >= 15 is 8.78 Å². The lowest BCUT2D eigenvalue weighted by molar-refractivity contribution is -0.119. The number of fused-ring (bicyclic) bond motifs is 2. The number of rotatable bonds is 12. The lowest BCUT2D eigenvalue weighted by Crippen LogP contribution is -2.33. The number of carbonyl (C=O) groups is 2. The molecular weight excluding hydrogens is 721 g/mol. The molecule has 24 heteroatoms. The van der Waals surface area contributed by atoms with Gasteiger partial charge in [-0.1, -0.05) is 27.7 Å². The van der Waals surface area contributed by atoms with Gasteiger partial charge in [-0.2, -0.15) is 9.97 Å². The number of alkyl halides is 2. The zero-order chi connectivity index (χ0) is 37.6. The van der Waals surface area contributed by atoms with Crippen LogP contribution in [-0.2, 0) is 32.7 Å². The van der Waals surface area contributed by atoms with Crippen LogP contribution in [0, 0.1) is 11.8 Å². The first-order valence-electron chi connectivity index (χ1n) is 15.9. The molecule has 2 saturated heterocycles. The highest BCUT2D eigenvalue weighted by Crippen LogP contribution is 2.45. The third kappa shape index (κ3) is 6.95. The standard InChI is InChI=1S/C28H33F2N10O11P/c1-9(2)21(43)35-27-33-19-15(23(45)37-27)31-7-39(19)25-17(13(29)11(5-41)48-25)50-52(47)51-18-14(30)12(6-42)49-26(18)40-8-32-16-20(40)34-28(38-24(16)46)36-22(44)10(3)4/h7-14,17-18,25-26,41-42H,5-6H2,1-4H3,(H3-,33,34,35,36,37,38,43,44,45,46)/p+1/t11-,12-,13-,14-,17-,18-,25-,26-/m1/s1. The minimum Gasteiger partial charge on any atom is -0.394 e. The minimum atomic E-state index is -3.47. The monoisotopic (exact) mass is 755 g/mol. The van der Waals surface area contributed by atoms with Crippen LogP contribution in [0.25, 0.3) is 22.3 Å². The number of carbonyl (C=O) groups excluding carboxylic acids is 2. The summed E-state index contributed by atoms with van der Waals surface area (Å²) in [5, 5.41) is 24.5. The summed E-state index contributed by atoms with van der Waals surface area (Å²) in [6.45, 7) is 4.74. The molecule has 0 unspecified atom stereocenters. The van der Waals surface area contributed by atoms with E-state index in [0.29, 0.717) is 0 Å². The number of aromatic amines is 2. The Bertz CT molecular complexity index is 1980. The number of amides is 2. The van der Waals surface area contributed by atoms with Crippen LogP contribution in [0.3, 0.4) is 0 Å². The van der Waals surface area contributed by atoms with E-state index in [9.17, 15) is 34.0 Å². The van der Waals surface area contributed by atoms with Gasteiger partial charge in [-0.3, -0.25) is 48.9 Å². The van der Waals surface area contributed by atoms with E-state index in [1.165, 1.54) is 0 Å². The summed E-state index contributed by atoms with van der Waals surface area (Å²) in [5.41, 5.74) is -2.38. The second-order valence-corrected chi connectivity index (χ2v) is 13.4. The third-order valence-corrected chi connectivity index (χ3v) is 9.08. The molecule has 2 fully saturated rings. The number of hydrogen-bond acceptors (Lipinski definition) is 15. The molecule has 6 rings (SSSR count). The molecule has 4 aromatic heterocycles. The maximum Gasteiger partial charge on any atom is 0.698 e. The Kier molecular flexibility index (Phi) is 10.5. The van der Waals surface area contributed by atoms with Gasteiger partial charge in [0.25, 0.3) is 11.1 Å². The van der Waals surface area contributed by atoms with Crippen molar-refractivity contribution < 1.29 is 51.7 Å². The van der Waals surface area contributed by atoms with Gasteiger partial charge in [-0.25, -0.2) is 18.7 Å². The summed E-state index contributed by atoms with van der Waals surface area (Å²) in [5.74, 6) is -2.40. The first-order chi connectivity index (χ1) is 24.7. The SMILES string of the molecule is CC(C)C(=O)Nc1nc2c(ncn2[C@@H]2O[C@H](CO)[C@@H](F)[C@H]2O[P+](=O)O[C@@H]2[C@H](F)[C@@H](CO)O[C@H]2n2cnc3c(=O)[nH]c(NC(=O)C(C)C)nc32)c(=O)[nH]1. The molecule has 6 N–H and O–H groups in total. The van der Waals surface area contributed by atoms with Gasteiger partial charge in [0, 0.05) is 16.4 Å². The summed E-state index contributed by atoms with van der Waals surface area (Å²) < 4.78 is 69.1. The molecule has 2 amide bonds. The van der Waals surface area contributed by atoms with Crippen LogP contribution in [0.2, 0.25) is 0 Å². The van der Waals surface area contributed by atoms with E-state index in [1.807, 2.05) is 0 Å². The number of nitrogens with zero attached hydrogens (tertiary/aromatic N) is 6. The Morgan fingerprint density at radius 3 is 1.56 bits per heavy atom. The molecule has 0 radical (unpaired) electrons. The molecule has 0 aromatic carbocycles. The number of aromatic nitrogens is 8. The zero-order valence-corrected chi connectivity index (χ0v) is 28.7. The summed E-state index contributed by atoms with van der Waals surface area (Å²) in [6, 6.07) is 0. The van der Waals surface area contributed by atoms with Crippen LogP contribution >= 0.6 is 8.25 Å². The number of aliphatic hydroxyl groups excluding tert-OH is 2. The maximum atomic E-state index is 15.7. The summed E-state index contributed by atoms with van der Waals surface area (Å²) in [6.07, 6.45) is -12.1. The molecule has 0 spiro atoms. The van der Waals surface area contributed by atoms with Crippen molar-refractivity contribution in [1.29, 1.82) is 0 Å². The van der Waals surface area contributed by atoms with Gasteiger partial charge in [-0.05, 0) is 0 Å². The summed E-state index contributed by atoms with van der Waals surface area (Å²) >= 11 is 0. The van der Waals surface area contributed by atoms with Crippen molar-refractivity contribution in [3.63, 3.8) is 0 Å². The molecular formula is C28H34F2N10O11P+. The number of ether oxygens (including phenoxy) is 2. The number of nitrogens with one attached hydrogen (secondary N) is 4. The number of hydrogen-bond donors (Lipinski definition) is 6. The highest BCUT2D eigenvalue weighted by atomic mass is 31.1. The zero-order valence-electron chi connectivity index (χ0n) is 27.8. The fourth-order valence-corrected chi connectivity index (χ4v) is 6.33. The van der Waals surface area contributed by atoms with Crippen molar-refractivity contribution in [3.8, 4) is 0 Å². The van der Waals surface area contributed by atoms with Crippen LogP contribution in [-0.4, -0.2) is 111 Å². The maximum absolute atomic E-state index is 15.7. The quantitative estimate of drug-likeness (QED) is 0.106. The first-order valence-corrected chi connectivity index (χ1v) is 17.0. The van der Waals surface area contributed by atoms with Gasteiger partial charge >= 0.3 is 8.25 Å². The fourth-order valence-electron chi connectivity index (χ4n) is 5.45. The number of aliphatic hydroxyl groups is 2. The Labute approximate surface area is 291 Å². The van der Waals surface area contributed by atoms with Gasteiger partial charge < -0.3 is 19.7 Å². The van der Waals surface area contributed by atoms with Gasteiger partial charge in [0.05, 0.1) is 25.9 Å². The largest absolute Gasteiger partial charge is 0.698 e. The molecule has 2 aliphatic rings. The molecule has 0 bridgehead atoms. The third-order valence-electron chi connectivity index (χ3n) is 8.25. The van der Waals surface area contributed by atoms with Crippen molar-refractivity contribution in [2.24, 2.45) is 11.8 Å². The average molecular weight is 756 g/mol. The van der Waals surface area contributed by atoms with Crippen LogP contribution in [0.4, 0.5) is 20.7 Å². The van der Waals surface area contributed by atoms with Gasteiger partial charge in [-0.15, -0.1) is 9.05 Å². The molecule has 2 aliphatic heterocycles. The molecule has 4 aromatic rings. The summed E-state index contributed by atoms with van der Waals surface area (Å²) in [7, 11) is -3.47. The van der Waals surface area contributed by atoms with Crippen molar-refractivity contribution in [3.05, 3.63) is 33.4 Å². The number of imidazole rings is 2. The van der Waals surface area contributed by atoms with E-state index in [2.05, 4.69) is 40.5 Å². The number of halogens is 2. The van der Waals surface area contributed by atoms with Crippen molar-refractivity contribution in [2.75, 3.05) is 23.8 Å². The summed E-state index contributed by atoms with van der Waals surface area (Å²) in [4.78, 5) is 71.1. The van der Waals surface area contributed by atoms with Crippen molar-refractivity contribution >= 4 is 54.3 Å². The molecule has 280 valence electrons. The number of H-pyrrole nitrogens is 2. The topological polar surface area (TPSA) is 280 Å². The molecule has 21 nitrogen and oxygen atoms in total. The van der Waals surface area contributed by atoms with E-state index in [4.69, 9.17) is 18.5 Å². The van der Waals surface area contributed by atoms with E-state index in [0.717, 1.165) is 21.8 Å². The highest BCUT2D eigenvalue weighted by molar-refractivity contribution is 7.33. The molecule has 6 heterocycles. The molecule has 52 heavy (non-hydrogen) atoms. The van der Waals surface area contributed by atoms with Crippen LogP contribution in [0.15, 0.2) is 22.2 Å². The molecule has 8 atom stereocenters. The van der Waals surface area contributed by atoms with Crippen LogP contribution in [0.1, 0.15) is 40.2 Å². The van der Waals surface area contributed by atoms with Gasteiger partial charge in [0.1, 0.15) is 12.2 Å². The molecule has 0 aliphatic carbocycles. The minimum absolute atomic E-state index is 0.194. The predicted octanol–water partition coefficient (Wildman–Crippen LogP) is 0.325. The number of anilines is 2. The molecule has 0 saturated carbocycles. The Balaban J connectivity index is 1.28. The second-order valence-electron chi connectivity index (χ2n) is 12.5. The van der Waals surface area contributed by atoms with E-state index in [-0.39, 0.29) is 34.2 Å². The fraction of sp³-hybridized carbons (Fsp3) is 0.571. The van der Waals surface area contributed by atoms with Crippen LogP contribution < -0.4 is 21.8 Å². The van der Waals surface area contributed by atoms with E-state index in [1.54, 1.807) is 27.7 Å². The highest BCUT2D eigenvalue weighted by Gasteiger charge is 2.56. The Morgan fingerprint density at radius 2 is 1.21 bits per heavy atom. The van der Waals surface area contributed by atoms with Crippen LogP contribution in [0.5, 0.6) is 0 Å². The smallest absolute Gasteiger partial charge is 0.394 e. The first kappa shape index (κ1) is 37.1. The van der Waals surface area contributed by atoms with Crippen molar-refractivity contribution in [2.45, 2.75) is 76.9 Å². The normalized spacial score (nSPS) is 26.5. The van der Waals surface area contributed by atoms with Gasteiger partial charge in [0.2, 0.25) is 23.7 Å². The average Bonchev–Trinajstić information content (AvgIpc) is 3.85. The Morgan fingerprint density at radius 1 is 0.827 bits per heavy atom. The predicted molar refractivity (Wildman–Crippen MR) is 172 cm³/mol. The van der Waals surface area contributed by atoms with Gasteiger partial charge in [0.15, 0.2) is 59.3 Å². The second kappa shape index (κ2) is 14.8. The Hall–Kier alpha value is -4.64. The van der Waals surface area contributed by atoms with E-state index < -0.39 is 105 Å². The van der Waals surface area contributed by atoms with Crippen molar-refractivity contribution in [1.82, 2.24) is 39.0 Å².